The Balaban J connectivity index is 0.00000161. The number of carbonyl (C=O) groups is 1. The summed E-state index contributed by atoms with van der Waals surface area (Å²) in [6.07, 6.45) is 6.82. The summed E-state index contributed by atoms with van der Waals surface area (Å²) in [5.74, 6) is 0.915. The highest BCUT2D eigenvalue weighted by Crippen LogP contribution is 2.26. The molecule has 0 bridgehead atoms. The van der Waals surface area contributed by atoms with Gasteiger partial charge in [-0.15, -0.1) is 12.4 Å². The molecule has 1 amide bonds. The highest BCUT2D eigenvalue weighted by molar-refractivity contribution is 9.10. The van der Waals surface area contributed by atoms with Gasteiger partial charge in [0, 0.05) is 36.8 Å². The minimum atomic E-state index is 0. The maximum absolute atomic E-state index is 12.5. The van der Waals surface area contributed by atoms with Crippen LogP contribution in [0.25, 0.3) is 0 Å². The van der Waals surface area contributed by atoms with E-state index in [1.807, 2.05) is 28.8 Å². The van der Waals surface area contributed by atoms with E-state index in [-0.39, 0.29) is 18.3 Å². The summed E-state index contributed by atoms with van der Waals surface area (Å²) >= 11 is 3.43. The van der Waals surface area contributed by atoms with Gasteiger partial charge in [0.05, 0.1) is 0 Å². The molecule has 3 rings (SSSR count). The predicted octanol–water partition coefficient (Wildman–Crippen LogP) is 2.81. The lowest BCUT2D eigenvalue weighted by molar-refractivity contribution is 0.0665. The van der Waals surface area contributed by atoms with Crippen molar-refractivity contribution >= 4 is 34.2 Å². The topological polar surface area (TPSA) is 37.3 Å². The summed E-state index contributed by atoms with van der Waals surface area (Å²) in [6, 6.07) is 2.60. The van der Waals surface area contributed by atoms with Crippen LogP contribution >= 0.6 is 28.3 Å². The van der Waals surface area contributed by atoms with Gasteiger partial charge in [0.15, 0.2) is 0 Å². The van der Waals surface area contributed by atoms with Crippen molar-refractivity contribution in [2.45, 2.75) is 31.7 Å². The maximum Gasteiger partial charge on any atom is 0.270 e. The molecule has 1 unspecified atom stereocenters. The Bertz CT molecular complexity index is 491. The molecule has 0 spiro atoms. The minimum absolute atomic E-state index is 0. The van der Waals surface area contributed by atoms with E-state index in [1.165, 1.54) is 19.4 Å². The molecule has 0 aromatic carbocycles. The van der Waals surface area contributed by atoms with E-state index in [0.717, 1.165) is 42.0 Å². The van der Waals surface area contributed by atoms with Gasteiger partial charge in [-0.3, -0.25) is 4.79 Å². The summed E-state index contributed by atoms with van der Waals surface area (Å²) in [5, 5.41) is 3.60. The zero-order valence-electron chi connectivity index (χ0n) is 12.3. The standard InChI is InChI=1S/C15H22BrN3O.ClH/c1-18-10-12(16)9-14(18)15(20)19-7-4-11(5-8-19)13-3-2-6-17-13;/h9-11,13,17H,2-8H2,1H3;1H. The molecule has 4 nitrogen and oxygen atoms in total. The maximum atomic E-state index is 12.5. The van der Waals surface area contributed by atoms with Gasteiger partial charge >= 0.3 is 0 Å². The van der Waals surface area contributed by atoms with Crippen molar-refractivity contribution in [1.82, 2.24) is 14.8 Å². The Morgan fingerprint density at radius 2 is 2.05 bits per heavy atom. The van der Waals surface area contributed by atoms with Gasteiger partial charge in [-0.1, -0.05) is 0 Å². The fraction of sp³-hybridized carbons (Fsp3) is 0.667. The summed E-state index contributed by atoms with van der Waals surface area (Å²) in [7, 11) is 1.92. The molecular formula is C15H23BrClN3O. The number of hydrogen-bond acceptors (Lipinski definition) is 2. The lowest BCUT2D eigenvalue weighted by Gasteiger charge is -2.35. The molecule has 0 saturated carbocycles. The molecule has 118 valence electrons. The highest BCUT2D eigenvalue weighted by atomic mass is 79.9. The number of aromatic nitrogens is 1. The van der Waals surface area contributed by atoms with Gasteiger partial charge in [0.2, 0.25) is 0 Å². The number of nitrogens with one attached hydrogen (secondary N) is 1. The van der Waals surface area contributed by atoms with Crippen molar-refractivity contribution in [1.29, 1.82) is 0 Å². The zero-order chi connectivity index (χ0) is 14.1. The van der Waals surface area contributed by atoms with E-state index in [2.05, 4.69) is 21.2 Å². The fourth-order valence-electron chi connectivity index (χ4n) is 3.52. The van der Waals surface area contributed by atoms with Crippen molar-refractivity contribution in [2.24, 2.45) is 13.0 Å². The van der Waals surface area contributed by atoms with Gasteiger partial charge in [0.25, 0.3) is 5.91 Å². The lowest BCUT2D eigenvalue weighted by Crippen LogP contribution is -2.43. The first-order chi connectivity index (χ1) is 9.65. The Morgan fingerprint density at radius 3 is 2.57 bits per heavy atom. The first-order valence-corrected chi connectivity index (χ1v) is 8.29. The minimum Gasteiger partial charge on any atom is -0.345 e. The molecule has 0 radical (unpaired) electrons. The number of piperidine rings is 1. The molecule has 2 aliphatic heterocycles. The summed E-state index contributed by atoms with van der Waals surface area (Å²) in [6.45, 7) is 2.95. The third-order valence-corrected chi connectivity index (χ3v) is 5.12. The zero-order valence-corrected chi connectivity index (χ0v) is 14.8. The molecule has 0 aliphatic carbocycles. The molecule has 2 saturated heterocycles. The van der Waals surface area contributed by atoms with E-state index in [9.17, 15) is 4.79 Å². The van der Waals surface area contributed by atoms with Crippen LogP contribution in [0.1, 0.15) is 36.2 Å². The van der Waals surface area contributed by atoms with Crippen LogP contribution in [0.15, 0.2) is 16.7 Å². The van der Waals surface area contributed by atoms with E-state index in [1.54, 1.807) is 0 Å². The Morgan fingerprint density at radius 1 is 1.33 bits per heavy atom. The van der Waals surface area contributed by atoms with Crippen molar-refractivity contribution in [2.75, 3.05) is 19.6 Å². The smallest absolute Gasteiger partial charge is 0.270 e. The van der Waals surface area contributed by atoms with Gasteiger partial charge in [-0.05, 0) is 60.1 Å². The number of likely N-dealkylation sites (tertiary alicyclic amines) is 1. The van der Waals surface area contributed by atoms with Gasteiger partial charge in [-0.25, -0.2) is 0 Å². The number of halogens is 2. The molecule has 1 N–H and O–H groups in total. The van der Waals surface area contributed by atoms with E-state index in [0.29, 0.717) is 6.04 Å². The average Bonchev–Trinajstić information content (AvgIpc) is 3.08. The van der Waals surface area contributed by atoms with Gasteiger partial charge < -0.3 is 14.8 Å². The first-order valence-electron chi connectivity index (χ1n) is 7.49. The summed E-state index contributed by atoms with van der Waals surface area (Å²) in [4.78, 5) is 14.5. The SMILES string of the molecule is Cl.Cn1cc(Br)cc1C(=O)N1CCC(C2CCCN2)CC1. The first kappa shape index (κ1) is 16.8. The number of nitrogens with zero attached hydrogens (tertiary/aromatic N) is 2. The van der Waals surface area contributed by atoms with Crippen molar-refractivity contribution in [3.63, 3.8) is 0 Å². The molecule has 1 aromatic rings. The second-order valence-corrected chi connectivity index (χ2v) is 6.90. The summed E-state index contributed by atoms with van der Waals surface area (Å²) < 4.78 is 2.87. The van der Waals surface area contributed by atoms with Crippen LogP contribution in [0.5, 0.6) is 0 Å². The van der Waals surface area contributed by atoms with Crippen LogP contribution in [0.4, 0.5) is 0 Å². The number of aryl methyl sites for hydroxylation is 1. The fourth-order valence-corrected chi connectivity index (χ4v) is 4.04. The quantitative estimate of drug-likeness (QED) is 0.862. The number of rotatable bonds is 2. The average molecular weight is 377 g/mol. The van der Waals surface area contributed by atoms with E-state index >= 15 is 0 Å². The number of carbonyl (C=O) groups excluding carboxylic acids is 1. The molecule has 2 fully saturated rings. The van der Waals surface area contributed by atoms with Crippen LogP contribution in [0.2, 0.25) is 0 Å². The second-order valence-electron chi connectivity index (χ2n) is 5.99. The van der Waals surface area contributed by atoms with E-state index in [4.69, 9.17) is 0 Å². The molecule has 6 heteroatoms. The highest BCUT2D eigenvalue weighted by Gasteiger charge is 2.30. The van der Waals surface area contributed by atoms with Crippen LogP contribution in [0.3, 0.4) is 0 Å². The second kappa shape index (κ2) is 7.16. The Labute approximate surface area is 140 Å². The third-order valence-electron chi connectivity index (χ3n) is 4.68. The van der Waals surface area contributed by atoms with Crippen molar-refractivity contribution in [3.8, 4) is 0 Å². The molecular weight excluding hydrogens is 354 g/mol. The third kappa shape index (κ3) is 3.63. The predicted molar refractivity (Wildman–Crippen MR) is 90.0 cm³/mol. The molecule has 1 atom stereocenters. The normalized spacial score (nSPS) is 23.1. The monoisotopic (exact) mass is 375 g/mol. The van der Waals surface area contributed by atoms with Crippen LogP contribution in [-0.4, -0.2) is 41.1 Å². The number of hydrogen-bond donors (Lipinski definition) is 1. The van der Waals surface area contributed by atoms with Crippen LogP contribution in [0, 0.1) is 5.92 Å². The van der Waals surface area contributed by atoms with Crippen LogP contribution in [-0.2, 0) is 7.05 Å². The van der Waals surface area contributed by atoms with Gasteiger partial charge in [-0.2, -0.15) is 0 Å². The molecule has 21 heavy (non-hydrogen) atoms. The largest absolute Gasteiger partial charge is 0.345 e. The Hall–Kier alpha value is -0.520. The summed E-state index contributed by atoms with van der Waals surface area (Å²) in [5.41, 5.74) is 0.773. The van der Waals surface area contributed by atoms with E-state index < -0.39 is 0 Å². The lowest BCUT2D eigenvalue weighted by atomic mass is 9.88. The van der Waals surface area contributed by atoms with Crippen LogP contribution < -0.4 is 5.32 Å². The Kier molecular flexibility index (Phi) is 5.74. The van der Waals surface area contributed by atoms with Crippen molar-refractivity contribution < 1.29 is 4.79 Å². The number of amides is 1. The van der Waals surface area contributed by atoms with Crippen molar-refractivity contribution in [3.05, 3.63) is 22.4 Å². The van der Waals surface area contributed by atoms with Gasteiger partial charge in [0.1, 0.15) is 5.69 Å². The molecule has 1 aromatic heterocycles. The molecule has 3 heterocycles. The molecule has 2 aliphatic rings.